The van der Waals surface area contributed by atoms with Crippen LogP contribution in [0.5, 0.6) is 0 Å². The molecule has 76 valence electrons. The Balaban J connectivity index is 2.03. The molecule has 3 heteroatoms. The lowest BCUT2D eigenvalue weighted by molar-refractivity contribution is -0.119. The number of aryl methyl sites for hydroxylation is 1. The maximum atomic E-state index is 11.6. The van der Waals surface area contributed by atoms with Gasteiger partial charge in [-0.1, -0.05) is 6.42 Å². The zero-order chi connectivity index (χ0) is 9.97. The van der Waals surface area contributed by atoms with Crippen molar-refractivity contribution in [1.82, 2.24) is 0 Å². The second kappa shape index (κ2) is 4.22. The molecular formula is C11H14O2S. The van der Waals surface area contributed by atoms with Gasteiger partial charge in [-0.2, -0.15) is 0 Å². The fourth-order valence-electron chi connectivity index (χ4n) is 1.72. The summed E-state index contributed by atoms with van der Waals surface area (Å²) in [6, 6.07) is 1.95. The quantitative estimate of drug-likeness (QED) is 0.751. The van der Waals surface area contributed by atoms with Crippen LogP contribution >= 0.6 is 11.8 Å². The van der Waals surface area contributed by atoms with Crippen LogP contribution in [0.15, 0.2) is 21.6 Å². The second-order valence-electron chi connectivity index (χ2n) is 3.66. The van der Waals surface area contributed by atoms with E-state index in [4.69, 9.17) is 4.42 Å². The lowest BCUT2D eigenvalue weighted by atomic mass is 9.99. The van der Waals surface area contributed by atoms with E-state index in [1.807, 2.05) is 13.0 Å². The third kappa shape index (κ3) is 2.03. The van der Waals surface area contributed by atoms with Crippen molar-refractivity contribution in [2.45, 2.75) is 42.8 Å². The summed E-state index contributed by atoms with van der Waals surface area (Å²) >= 11 is 1.66. The van der Waals surface area contributed by atoms with E-state index in [0.717, 1.165) is 29.9 Å². The Bertz CT molecular complexity index is 330. The normalized spacial score (nSPS) is 22.6. The SMILES string of the molecule is Cc1occc1SC1CCCCC1=O. The second-order valence-corrected chi connectivity index (χ2v) is 4.90. The molecule has 2 nitrogen and oxygen atoms in total. The average molecular weight is 210 g/mol. The van der Waals surface area contributed by atoms with Crippen LogP contribution in [0.25, 0.3) is 0 Å². The highest BCUT2D eigenvalue weighted by molar-refractivity contribution is 8.00. The molecule has 0 aromatic carbocycles. The zero-order valence-electron chi connectivity index (χ0n) is 8.29. The number of carbonyl (C=O) groups excluding carboxylic acids is 1. The molecule has 1 aromatic rings. The molecule has 0 aliphatic heterocycles. The third-order valence-electron chi connectivity index (χ3n) is 2.58. The zero-order valence-corrected chi connectivity index (χ0v) is 9.10. The van der Waals surface area contributed by atoms with Gasteiger partial charge in [0.1, 0.15) is 11.5 Å². The summed E-state index contributed by atoms with van der Waals surface area (Å²) < 4.78 is 5.21. The number of carbonyl (C=O) groups is 1. The molecule has 1 aliphatic rings. The minimum absolute atomic E-state index is 0.167. The van der Waals surface area contributed by atoms with E-state index in [1.165, 1.54) is 6.42 Å². The van der Waals surface area contributed by atoms with Gasteiger partial charge in [0.25, 0.3) is 0 Å². The van der Waals surface area contributed by atoms with Gasteiger partial charge in [0.15, 0.2) is 0 Å². The van der Waals surface area contributed by atoms with Crippen molar-refractivity contribution in [3.63, 3.8) is 0 Å². The van der Waals surface area contributed by atoms with Crippen LogP contribution in [0, 0.1) is 6.92 Å². The Morgan fingerprint density at radius 3 is 3.00 bits per heavy atom. The number of hydrogen-bond acceptors (Lipinski definition) is 3. The van der Waals surface area contributed by atoms with E-state index < -0.39 is 0 Å². The van der Waals surface area contributed by atoms with Crippen molar-refractivity contribution in [2.75, 3.05) is 0 Å². The first-order valence-electron chi connectivity index (χ1n) is 5.01. The third-order valence-corrected chi connectivity index (χ3v) is 4.04. The van der Waals surface area contributed by atoms with Crippen molar-refractivity contribution in [1.29, 1.82) is 0 Å². The Labute approximate surface area is 88.1 Å². The Kier molecular flexibility index (Phi) is 2.96. The molecular weight excluding hydrogens is 196 g/mol. The van der Waals surface area contributed by atoms with Crippen molar-refractivity contribution < 1.29 is 9.21 Å². The van der Waals surface area contributed by atoms with Crippen LogP contribution < -0.4 is 0 Å². The van der Waals surface area contributed by atoms with Crippen molar-refractivity contribution >= 4 is 17.5 Å². The molecule has 2 rings (SSSR count). The number of thioether (sulfide) groups is 1. The van der Waals surface area contributed by atoms with Gasteiger partial charge in [0.05, 0.1) is 11.5 Å². The smallest absolute Gasteiger partial charge is 0.146 e. The first-order chi connectivity index (χ1) is 6.77. The summed E-state index contributed by atoms with van der Waals surface area (Å²) in [5.74, 6) is 1.33. The van der Waals surface area contributed by atoms with E-state index in [-0.39, 0.29) is 5.25 Å². The highest BCUT2D eigenvalue weighted by Gasteiger charge is 2.23. The lowest BCUT2D eigenvalue weighted by Gasteiger charge is -2.19. The van der Waals surface area contributed by atoms with E-state index >= 15 is 0 Å². The molecule has 1 saturated carbocycles. The van der Waals surface area contributed by atoms with Crippen LogP contribution in [0.1, 0.15) is 31.4 Å². The molecule has 0 saturated heterocycles. The van der Waals surface area contributed by atoms with Gasteiger partial charge in [-0.3, -0.25) is 4.79 Å². The van der Waals surface area contributed by atoms with Gasteiger partial charge in [0, 0.05) is 11.3 Å². The van der Waals surface area contributed by atoms with E-state index in [0.29, 0.717) is 5.78 Å². The van der Waals surface area contributed by atoms with Crippen LogP contribution in [-0.4, -0.2) is 11.0 Å². The molecule has 0 radical (unpaired) electrons. The summed E-state index contributed by atoms with van der Waals surface area (Å²) in [7, 11) is 0. The summed E-state index contributed by atoms with van der Waals surface area (Å²) in [6.07, 6.45) is 5.72. The van der Waals surface area contributed by atoms with Crippen molar-refractivity contribution in [3.05, 3.63) is 18.1 Å². The maximum Gasteiger partial charge on any atom is 0.146 e. The van der Waals surface area contributed by atoms with Gasteiger partial charge >= 0.3 is 0 Å². The summed E-state index contributed by atoms with van der Waals surface area (Å²) in [6.45, 7) is 1.94. The monoisotopic (exact) mass is 210 g/mol. The molecule has 0 amide bonds. The predicted molar refractivity (Wildman–Crippen MR) is 56.6 cm³/mol. The Morgan fingerprint density at radius 2 is 2.36 bits per heavy atom. The van der Waals surface area contributed by atoms with Gasteiger partial charge in [-0.15, -0.1) is 11.8 Å². The van der Waals surface area contributed by atoms with Gasteiger partial charge in [0.2, 0.25) is 0 Å². The Hall–Kier alpha value is -0.700. The van der Waals surface area contributed by atoms with E-state index in [1.54, 1.807) is 18.0 Å². The maximum absolute atomic E-state index is 11.6. The molecule has 0 bridgehead atoms. The molecule has 0 N–H and O–H groups in total. The number of rotatable bonds is 2. The first kappa shape index (κ1) is 9.84. The topological polar surface area (TPSA) is 30.2 Å². The van der Waals surface area contributed by atoms with Crippen LogP contribution in [0.4, 0.5) is 0 Å². The van der Waals surface area contributed by atoms with Gasteiger partial charge in [-0.05, 0) is 25.8 Å². The van der Waals surface area contributed by atoms with Crippen molar-refractivity contribution in [2.24, 2.45) is 0 Å². The summed E-state index contributed by atoms with van der Waals surface area (Å²) in [5.41, 5.74) is 0. The largest absolute Gasteiger partial charge is 0.468 e. The number of furan rings is 1. The first-order valence-corrected chi connectivity index (χ1v) is 5.89. The average Bonchev–Trinajstić information content (AvgIpc) is 2.56. The van der Waals surface area contributed by atoms with Crippen LogP contribution in [-0.2, 0) is 4.79 Å². The summed E-state index contributed by atoms with van der Waals surface area (Å²) in [4.78, 5) is 12.7. The molecule has 1 atom stereocenters. The van der Waals surface area contributed by atoms with E-state index in [2.05, 4.69) is 0 Å². The van der Waals surface area contributed by atoms with Crippen molar-refractivity contribution in [3.8, 4) is 0 Å². The number of Topliss-reactive ketones (excluding diaryl/α,β-unsaturated/α-hetero) is 1. The van der Waals surface area contributed by atoms with Gasteiger partial charge < -0.3 is 4.42 Å². The number of ketones is 1. The molecule has 14 heavy (non-hydrogen) atoms. The highest BCUT2D eigenvalue weighted by atomic mass is 32.2. The number of hydrogen-bond donors (Lipinski definition) is 0. The standard InChI is InChI=1S/C11H14O2S/c1-8-10(6-7-13-8)14-11-5-3-2-4-9(11)12/h6-7,11H,2-5H2,1H3. The minimum atomic E-state index is 0.167. The fourth-order valence-corrected chi connectivity index (χ4v) is 2.91. The van der Waals surface area contributed by atoms with Crippen LogP contribution in [0.2, 0.25) is 0 Å². The minimum Gasteiger partial charge on any atom is -0.468 e. The molecule has 1 heterocycles. The summed E-state index contributed by atoms with van der Waals surface area (Å²) in [5, 5.41) is 0.167. The molecule has 1 aliphatic carbocycles. The van der Waals surface area contributed by atoms with E-state index in [9.17, 15) is 4.79 Å². The predicted octanol–water partition coefficient (Wildman–Crippen LogP) is 3.19. The molecule has 1 fully saturated rings. The van der Waals surface area contributed by atoms with Gasteiger partial charge in [-0.25, -0.2) is 0 Å². The molecule has 1 unspecified atom stereocenters. The Morgan fingerprint density at radius 1 is 1.50 bits per heavy atom. The van der Waals surface area contributed by atoms with Crippen LogP contribution in [0.3, 0.4) is 0 Å². The molecule has 1 aromatic heterocycles. The fraction of sp³-hybridized carbons (Fsp3) is 0.545. The highest BCUT2D eigenvalue weighted by Crippen LogP contribution is 2.33. The molecule has 0 spiro atoms. The lowest BCUT2D eigenvalue weighted by Crippen LogP contribution is -2.21.